The SMILES string of the molecule is C#CCNC(=O)C(C)NCC(O)c1ccccc1. The number of terminal acetylenes is 1. The molecule has 0 aliphatic carbocycles. The van der Waals surface area contributed by atoms with Crippen LogP contribution in [0.25, 0.3) is 0 Å². The number of nitrogens with one attached hydrogen (secondary N) is 2. The third-order valence-corrected chi connectivity index (χ3v) is 2.56. The minimum Gasteiger partial charge on any atom is -0.387 e. The molecule has 1 aromatic rings. The van der Waals surface area contributed by atoms with Crippen molar-refractivity contribution >= 4 is 5.91 Å². The van der Waals surface area contributed by atoms with E-state index in [0.29, 0.717) is 6.54 Å². The Balaban J connectivity index is 2.37. The number of aliphatic hydroxyl groups excluding tert-OH is 1. The molecule has 0 saturated carbocycles. The maximum Gasteiger partial charge on any atom is 0.237 e. The highest BCUT2D eigenvalue weighted by Crippen LogP contribution is 2.10. The largest absolute Gasteiger partial charge is 0.387 e. The Morgan fingerprint density at radius 2 is 2.11 bits per heavy atom. The van der Waals surface area contributed by atoms with Gasteiger partial charge in [-0.2, -0.15) is 0 Å². The van der Waals surface area contributed by atoms with Crippen LogP contribution < -0.4 is 10.6 Å². The average Bonchev–Trinajstić information content (AvgIpc) is 2.42. The van der Waals surface area contributed by atoms with Gasteiger partial charge in [0.1, 0.15) is 0 Å². The lowest BCUT2D eigenvalue weighted by atomic mass is 10.1. The molecule has 4 nitrogen and oxygen atoms in total. The normalized spacial score (nSPS) is 13.4. The molecule has 0 radical (unpaired) electrons. The van der Waals surface area contributed by atoms with Crippen LogP contribution in [0.4, 0.5) is 0 Å². The molecular formula is C14H18N2O2. The minimum atomic E-state index is -0.630. The first kappa shape index (κ1) is 14.2. The van der Waals surface area contributed by atoms with Crippen LogP contribution in [0.5, 0.6) is 0 Å². The number of aliphatic hydroxyl groups is 1. The van der Waals surface area contributed by atoms with Crippen LogP contribution in [0.2, 0.25) is 0 Å². The van der Waals surface area contributed by atoms with E-state index in [9.17, 15) is 9.90 Å². The highest BCUT2D eigenvalue weighted by Gasteiger charge is 2.13. The molecule has 0 saturated heterocycles. The fraction of sp³-hybridized carbons (Fsp3) is 0.357. The fourth-order valence-electron chi connectivity index (χ4n) is 1.47. The average molecular weight is 246 g/mol. The second-order valence-electron chi connectivity index (χ2n) is 3.98. The maximum absolute atomic E-state index is 11.5. The van der Waals surface area contributed by atoms with Gasteiger partial charge < -0.3 is 15.7 Å². The van der Waals surface area contributed by atoms with Crippen molar-refractivity contribution in [2.45, 2.75) is 19.1 Å². The Bertz CT molecular complexity index is 412. The molecule has 2 atom stereocenters. The molecule has 0 spiro atoms. The highest BCUT2D eigenvalue weighted by atomic mass is 16.3. The van der Waals surface area contributed by atoms with Gasteiger partial charge in [-0.1, -0.05) is 36.3 Å². The van der Waals surface area contributed by atoms with Crippen molar-refractivity contribution in [1.29, 1.82) is 0 Å². The standard InChI is InChI=1S/C14H18N2O2/c1-3-9-15-14(18)11(2)16-10-13(17)12-7-5-4-6-8-12/h1,4-8,11,13,16-17H,9-10H2,2H3,(H,15,18). The molecule has 1 aromatic carbocycles. The lowest BCUT2D eigenvalue weighted by molar-refractivity contribution is -0.122. The van der Waals surface area contributed by atoms with Gasteiger partial charge in [0, 0.05) is 6.54 Å². The third kappa shape index (κ3) is 4.58. The Morgan fingerprint density at radius 1 is 1.44 bits per heavy atom. The van der Waals surface area contributed by atoms with E-state index in [1.807, 2.05) is 30.3 Å². The molecule has 1 amide bonds. The maximum atomic E-state index is 11.5. The van der Waals surface area contributed by atoms with Gasteiger partial charge in [-0.25, -0.2) is 0 Å². The predicted molar refractivity (Wildman–Crippen MR) is 70.7 cm³/mol. The Kier molecular flexibility index (Phi) is 5.92. The molecule has 0 aliphatic rings. The summed E-state index contributed by atoms with van der Waals surface area (Å²) in [6, 6.07) is 8.91. The second-order valence-corrected chi connectivity index (χ2v) is 3.98. The molecule has 18 heavy (non-hydrogen) atoms. The van der Waals surface area contributed by atoms with Crippen molar-refractivity contribution in [2.24, 2.45) is 0 Å². The molecule has 4 heteroatoms. The van der Waals surface area contributed by atoms with E-state index in [1.54, 1.807) is 6.92 Å². The van der Waals surface area contributed by atoms with E-state index in [1.165, 1.54) is 0 Å². The van der Waals surface area contributed by atoms with Crippen LogP contribution in [-0.2, 0) is 4.79 Å². The number of carbonyl (C=O) groups is 1. The van der Waals surface area contributed by atoms with E-state index < -0.39 is 12.1 Å². The molecule has 0 aromatic heterocycles. The zero-order valence-corrected chi connectivity index (χ0v) is 10.4. The number of hydrogen-bond acceptors (Lipinski definition) is 3. The summed E-state index contributed by atoms with van der Waals surface area (Å²) in [6.45, 7) is 2.25. The summed E-state index contributed by atoms with van der Waals surface area (Å²) in [5, 5.41) is 15.4. The Hall–Kier alpha value is -1.83. The lowest BCUT2D eigenvalue weighted by Crippen LogP contribution is -2.43. The zero-order valence-electron chi connectivity index (χ0n) is 10.4. The van der Waals surface area contributed by atoms with E-state index in [4.69, 9.17) is 6.42 Å². The van der Waals surface area contributed by atoms with Crippen LogP contribution in [0.1, 0.15) is 18.6 Å². The molecule has 0 heterocycles. The monoisotopic (exact) mass is 246 g/mol. The van der Waals surface area contributed by atoms with Crippen molar-refractivity contribution < 1.29 is 9.90 Å². The van der Waals surface area contributed by atoms with Crippen LogP contribution in [0.3, 0.4) is 0 Å². The molecule has 0 fully saturated rings. The van der Waals surface area contributed by atoms with Gasteiger partial charge in [0.25, 0.3) is 0 Å². The number of carbonyl (C=O) groups excluding carboxylic acids is 1. The van der Waals surface area contributed by atoms with Gasteiger partial charge in [-0.05, 0) is 12.5 Å². The summed E-state index contributed by atoms with van der Waals surface area (Å²) >= 11 is 0. The van der Waals surface area contributed by atoms with Gasteiger partial charge >= 0.3 is 0 Å². The van der Waals surface area contributed by atoms with Crippen molar-refractivity contribution in [3.63, 3.8) is 0 Å². The topological polar surface area (TPSA) is 61.4 Å². The van der Waals surface area contributed by atoms with Crippen molar-refractivity contribution in [1.82, 2.24) is 10.6 Å². The summed E-state index contributed by atoms with van der Waals surface area (Å²) in [5.41, 5.74) is 0.821. The summed E-state index contributed by atoms with van der Waals surface area (Å²) in [5.74, 6) is 2.16. The van der Waals surface area contributed by atoms with E-state index >= 15 is 0 Å². The molecule has 2 unspecified atom stereocenters. The van der Waals surface area contributed by atoms with Crippen LogP contribution in [-0.4, -0.2) is 30.1 Å². The summed E-state index contributed by atoms with van der Waals surface area (Å²) in [6.07, 6.45) is 4.42. The van der Waals surface area contributed by atoms with Crippen LogP contribution in [0.15, 0.2) is 30.3 Å². The fourth-order valence-corrected chi connectivity index (χ4v) is 1.47. The first-order chi connectivity index (χ1) is 8.65. The van der Waals surface area contributed by atoms with E-state index in [2.05, 4.69) is 16.6 Å². The van der Waals surface area contributed by atoms with Gasteiger partial charge in [-0.15, -0.1) is 6.42 Å². The van der Waals surface area contributed by atoms with E-state index in [-0.39, 0.29) is 12.5 Å². The van der Waals surface area contributed by atoms with Crippen molar-refractivity contribution in [2.75, 3.05) is 13.1 Å². The molecule has 0 aliphatic heterocycles. The van der Waals surface area contributed by atoms with Gasteiger partial charge in [0.05, 0.1) is 18.7 Å². The molecule has 0 bridgehead atoms. The minimum absolute atomic E-state index is 0.173. The van der Waals surface area contributed by atoms with Crippen molar-refractivity contribution in [3.8, 4) is 12.3 Å². The van der Waals surface area contributed by atoms with Crippen LogP contribution >= 0.6 is 0 Å². The number of benzene rings is 1. The zero-order chi connectivity index (χ0) is 13.4. The molecular weight excluding hydrogens is 228 g/mol. The first-order valence-electron chi connectivity index (χ1n) is 5.82. The van der Waals surface area contributed by atoms with Gasteiger partial charge in [-0.3, -0.25) is 4.79 Å². The summed E-state index contributed by atoms with van der Waals surface area (Å²) in [7, 11) is 0. The second kappa shape index (κ2) is 7.49. The Labute approximate surface area is 107 Å². The number of rotatable bonds is 6. The van der Waals surface area contributed by atoms with Gasteiger partial charge in [0.15, 0.2) is 0 Å². The Morgan fingerprint density at radius 3 is 2.72 bits per heavy atom. The summed E-state index contributed by atoms with van der Waals surface area (Å²) < 4.78 is 0. The summed E-state index contributed by atoms with van der Waals surface area (Å²) in [4.78, 5) is 11.5. The van der Waals surface area contributed by atoms with Crippen molar-refractivity contribution in [3.05, 3.63) is 35.9 Å². The quantitative estimate of drug-likeness (QED) is 0.639. The first-order valence-corrected chi connectivity index (χ1v) is 5.82. The molecule has 1 rings (SSSR count). The highest BCUT2D eigenvalue weighted by molar-refractivity contribution is 5.81. The molecule has 3 N–H and O–H groups in total. The number of amides is 1. The predicted octanol–water partition coefficient (Wildman–Crippen LogP) is 0.447. The lowest BCUT2D eigenvalue weighted by Gasteiger charge is -2.16. The van der Waals surface area contributed by atoms with E-state index in [0.717, 1.165) is 5.56 Å². The van der Waals surface area contributed by atoms with Crippen LogP contribution in [0, 0.1) is 12.3 Å². The smallest absolute Gasteiger partial charge is 0.237 e. The number of hydrogen-bond donors (Lipinski definition) is 3. The molecule has 96 valence electrons. The van der Waals surface area contributed by atoms with Gasteiger partial charge in [0.2, 0.25) is 5.91 Å². The third-order valence-electron chi connectivity index (χ3n) is 2.56.